The van der Waals surface area contributed by atoms with E-state index in [1.165, 1.54) is 17.0 Å². The Hall–Kier alpha value is -4.05. The summed E-state index contributed by atoms with van der Waals surface area (Å²) in [5, 5.41) is 3.50. The molecule has 0 bridgehead atoms. The molecule has 0 aliphatic heterocycles. The van der Waals surface area contributed by atoms with Crippen LogP contribution in [-0.4, -0.2) is 44.3 Å². The molecule has 4 aromatic rings. The van der Waals surface area contributed by atoms with Crippen molar-refractivity contribution in [3.63, 3.8) is 0 Å². The van der Waals surface area contributed by atoms with Crippen LogP contribution in [0.3, 0.4) is 0 Å². The number of hydrogen-bond donors (Lipinski definition) is 1. The SMILES string of the molecule is CCCCNC(=O)C(C)N(Cc1c(Cl)cccc1Cl)C(=O)CN(c1ccc(Oc2ccccc2)cc1)S(=O)(=O)c1ccc(C)cc1. The van der Waals surface area contributed by atoms with Crippen LogP contribution in [0.5, 0.6) is 11.5 Å². The summed E-state index contributed by atoms with van der Waals surface area (Å²) >= 11 is 12.9. The maximum absolute atomic E-state index is 14.2. The van der Waals surface area contributed by atoms with E-state index in [-0.39, 0.29) is 23.0 Å². The third kappa shape index (κ3) is 8.81. The zero-order valence-corrected chi connectivity index (χ0v) is 28.3. The molecule has 0 aromatic heterocycles. The van der Waals surface area contributed by atoms with Crippen LogP contribution in [0.25, 0.3) is 0 Å². The lowest BCUT2D eigenvalue weighted by Gasteiger charge is -2.32. The molecular weight excluding hydrogens is 645 g/mol. The Balaban J connectivity index is 1.71. The third-order valence-corrected chi connectivity index (χ3v) is 9.87. The summed E-state index contributed by atoms with van der Waals surface area (Å²) in [6.07, 6.45) is 1.66. The van der Waals surface area contributed by atoms with Gasteiger partial charge in [-0.25, -0.2) is 8.42 Å². The van der Waals surface area contributed by atoms with E-state index in [9.17, 15) is 18.0 Å². The summed E-state index contributed by atoms with van der Waals surface area (Å²) in [7, 11) is -4.23. The van der Waals surface area contributed by atoms with Gasteiger partial charge >= 0.3 is 0 Å². The van der Waals surface area contributed by atoms with E-state index >= 15 is 0 Å². The first kappa shape index (κ1) is 34.8. The van der Waals surface area contributed by atoms with Crippen molar-refractivity contribution < 1.29 is 22.7 Å². The van der Waals surface area contributed by atoms with Crippen molar-refractivity contribution in [3.8, 4) is 11.5 Å². The third-order valence-electron chi connectivity index (χ3n) is 7.38. The van der Waals surface area contributed by atoms with Crippen LogP contribution in [0.15, 0.2) is 102 Å². The maximum Gasteiger partial charge on any atom is 0.264 e. The number of para-hydroxylation sites is 1. The van der Waals surface area contributed by atoms with Gasteiger partial charge in [0, 0.05) is 28.7 Å². The van der Waals surface area contributed by atoms with Gasteiger partial charge in [0.2, 0.25) is 11.8 Å². The summed E-state index contributed by atoms with van der Waals surface area (Å²) in [6, 6.07) is 26.0. The number of ether oxygens (including phenoxy) is 1. The molecule has 0 aliphatic carbocycles. The van der Waals surface area contributed by atoms with Gasteiger partial charge < -0.3 is 15.0 Å². The first-order chi connectivity index (χ1) is 22.0. The molecule has 4 aromatic carbocycles. The van der Waals surface area contributed by atoms with Crippen molar-refractivity contribution in [2.45, 2.75) is 51.1 Å². The molecule has 0 radical (unpaired) electrons. The Kier molecular flexibility index (Phi) is 12.1. The summed E-state index contributed by atoms with van der Waals surface area (Å²) in [4.78, 5) is 28.7. The summed E-state index contributed by atoms with van der Waals surface area (Å²) in [5.74, 6) is 0.116. The van der Waals surface area contributed by atoms with Crippen molar-refractivity contribution in [3.05, 3.63) is 118 Å². The zero-order chi connectivity index (χ0) is 33.3. The first-order valence-electron chi connectivity index (χ1n) is 14.9. The van der Waals surface area contributed by atoms with Gasteiger partial charge in [0.25, 0.3) is 10.0 Å². The van der Waals surface area contributed by atoms with Gasteiger partial charge in [-0.2, -0.15) is 0 Å². The Morgan fingerprint density at radius 3 is 2.07 bits per heavy atom. The molecule has 1 atom stereocenters. The van der Waals surface area contributed by atoms with Gasteiger partial charge in [0.05, 0.1) is 10.6 Å². The molecule has 46 heavy (non-hydrogen) atoms. The minimum atomic E-state index is -4.23. The quantitative estimate of drug-likeness (QED) is 0.138. The number of unbranched alkanes of at least 4 members (excludes halogenated alkanes) is 1. The lowest BCUT2D eigenvalue weighted by Crippen LogP contribution is -2.51. The fourth-order valence-electron chi connectivity index (χ4n) is 4.64. The number of carbonyl (C=O) groups is 2. The first-order valence-corrected chi connectivity index (χ1v) is 17.1. The topological polar surface area (TPSA) is 96.0 Å². The molecule has 0 saturated heterocycles. The van der Waals surface area contributed by atoms with Crippen LogP contribution in [-0.2, 0) is 26.2 Å². The second-order valence-electron chi connectivity index (χ2n) is 10.8. The fraction of sp³-hybridized carbons (Fsp3) is 0.257. The van der Waals surface area contributed by atoms with E-state index in [1.807, 2.05) is 32.0 Å². The van der Waals surface area contributed by atoms with Gasteiger partial charge in [0.1, 0.15) is 24.1 Å². The van der Waals surface area contributed by atoms with Gasteiger partial charge in [-0.1, -0.05) is 78.5 Å². The molecule has 1 N–H and O–H groups in total. The van der Waals surface area contributed by atoms with Crippen LogP contribution >= 0.6 is 23.2 Å². The van der Waals surface area contributed by atoms with Crippen LogP contribution in [0, 0.1) is 6.92 Å². The second-order valence-corrected chi connectivity index (χ2v) is 13.5. The number of rotatable bonds is 14. The predicted octanol–water partition coefficient (Wildman–Crippen LogP) is 7.62. The van der Waals surface area contributed by atoms with Gasteiger partial charge in [-0.05, 0) is 80.9 Å². The molecule has 242 valence electrons. The number of hydrogen-bond acceptors (Lipinski definition) is 5. The highest BCUT2D eigenvalue weighted by Gasteiger charge is 2.33. The highest BCUT2D eigenvalue weighted by atomic mass is 35.5. The Morgan fingerprint density at radius 1 is 0.848 bits per heavy atom. The molecule has 0 spiro atoms. The lowest BCUT2D eigenvalue weighted by molar-refractivity contribution is -0.139. The van der Waals surface area contributed by atoms with Crippen LogP contribution in [0.4, 0.5) is 5.69 Å². The zero-order valence-electron chi connectivity index (χ0n) is 26.0. The highest BCUT2D eigenvalue weighted by molar-refractivity contribution is 7.92. The summed E-state index contributed by atoms with van der Waals surface area (Å²) < 4.78 is 35.2. The molecule has 8 nitrogen and oxygen atoms in total. The Labute approximate surface area is 280 Å². The van der Waals surface area contributed by atoms with Crippen molar-refractivity contribution in [1.29, 1.82) is 0 Å². The number of nitrogens with zero attached hydrogens (tertiary/aromatic N) is 2. The maximum atomic E-state index is 14.2. The summed E-state index contributed by atoms with van der Waals surface area (Å²) in [5.41, 5.74) is 1.57. The van der Waals surface area contributed by atoms with E-state index < -0.39 is 28.5 Å². The van der Waals surface area contributed by atoms with Gasteiger partial charge in [-0.15, -0.1) is 0 Å². The molecule has 0 saturated carbocycles. The standard InChI is InChI=1S/C35H37Cl2N3O5S/c1-4-5-22-38-35(42)26(3)39(23-31-32(36)12-9-13-33(31)37)34(41)24-40(46(43,44)30-20-14-25(2)15-21-30)27-16-18-29(19-17-27)45-28-10-7-6-8-11-28/h6-21,26H,4-5,22-24H2,1-3H3,(H,38,42). The normalized spacial score (nSPS) is 11.8. The van der Waals surface area contributed by atoms with Crippen molar-refractivity contribution >= 4 is 50.7 Å². The molecule has 0 fully saturated rings. The fourth-order valence-corrected chi connectivity index (χ4v) is 6.57. The van der Waals surface area contributed by atoms with Gasteiger partial charge in [0.15, 0.2) is 0 Å². The minimum Gasteiger partial charge on any atom is -0.457 e. The highest BCUT2D eigenvalue weighted by Crippen LogP contribution is 2.30. The van der Waals surface area contributed by atoms with Crippen molar-refractivity contribution in [2.24, 2.45) is 0 Å². The van der Waals surface area contributed by atoms with Crippen molar-refractivity contribution in [2.75, 3.05) is 17.4 Å². The number of anilines is 1. The average Bonchev–Trinajstić information content (AvgIpc) is 3.04. The Morgan fingerprint density at radius 2 is 1.46 bits per heavy atom. The minimum absolute atomic E-state index is 0.0153. The molecule has 0 heterocycles. The second kappa shape index (κ2) is 16.0. The Bertz CT molecular complexity index is 1710. The van der Waals surface area contributed by atoms with Gasteiger partial charge in [-0.3, -0.25) is 13.9 Å². The monoisotopic (exact) mass is 681 g/mol. The number of benzene rings is 4. The van der Waals surface area contributed by atoms with Crippen LogP contribution in [0.1, 0.15) is 37.8 Å². The number of nitrogens with one attached hydrogen (secondary N) is 1. The molecule has 2 amide bonds. The van der Waals surface area contributed by atoms with E-state index in [0.29, 0.717) is 33.7 Å². The number of amides is 2. The largest absolute Gasteiger partial charge is 0.457 e. The molecule has 1 unspecified atom stereocenters. The lowest BCUT2D eigenvalue weighted by atomic mass is 10.1. The van der Waals surface area contributed by atoms with Crippen molar-refractivity contribution in [1.82, 2.24) is 10.2 Å². The molecule has 11 heteroatoms. The van der Waals surface area contributed by atoms with E-state index in [2.05, 4.69) is 5.32 Å². The predicted molar refractivity (Wildman–Crippen MR) is 183 cm³/mol. The van der Waals surface area contributed by atoms with E-state index in [4.69, 9.17) is 27.9 Å². The van der Waals surface area contributed by atoms with E-state index in [1.54, 1.807) is 73.7 Å². The molecular formula is C35H37Cl2N3O5S. The number of halogens is 2. The van der Waals surface area contributed by atoms with Crippen LogP contribution < -0.4 is 14.4 Å². The molecule has 4 rings (SSSR count). The smallest absolute Gasteiger partial charge is 0.264 e. The average molecular weight is 683 g/mol. The number of aryl methyl sites for hydroxylation is 1. The number of carbonyl (C=O) groups excluding carboxylic acids is 2. The molecule has 0 aliphatic rings. The van der Waals surface area contributed by atoms with E-state index in [0.717, 1.165) is 22.7 Å². The van der Waals surface area contributed by atoms with Crippen LogP contribution in [0.2, 0.25) is 10.0 Å². The summed E-state index contributed by atoms with van der Waals surface area (Å²) in [6.45, 7) is 5.20. The number of sulfonamides is 1.